The number of carbonyl (C=O) groups excluding carboxylic acids is 1. The predicted molar refractivity (Wildman–Crippen MR) is 79.1 cm³/mol. The van der Waals surface area contributed by atoms with E-state index in [0.717, 1.165) is 31.2 Å². The molecule has 1 aromatic carbocycles. The molecular formula is C18H22O3. The van der Waals surface area contributed by atoms with Gasteiger partial charge in [-0.1, -0.05) is 13.0 Å². The van der Waals surface area contributed by atoms with Gasteiger partial charge in [0, 0.05) is 12.3 Å². The minimum Gasteiger partial charge on any atom is -0.508 e. The Morgan fingerprint density at radius 3 is 2.86 bits per heavy atom. The summed E-state index contributed by atoms with van der Waals surface area (Å²) in [6.45, 7) is 2.17. The number of Topliss-reactive ketones (excluding diaryl/α,β-unsaturated/α-hetero) is 1. The average molecular weight is 286 g/mol. The standard InChI is InChI=1S/C18H22O3/c1-18-7-6-13-12-3-2-11(19)8-10(12)9-15(20)17(13)14(18)4-5-16(18)21/h2-3,8,13-14,16-17,19,21H,4-7,9H2,1H3/t13-,14+,16+,17-,18+/m1/s1. The fraction of sp³-hybridized carbons (Fsp3) is 0.611. The van der Waals surface area contributed by atoms with Gasteiger partial charge in [0.05, 0.1) is 6.10 Å². The number of carbonyl (C=O) groups is 1. The van der Waals surface area contributed by atoms with Crippen molar-refractivity contribution >= 4 is 5.78 Å². The number of aromatic hydroxyl groups is 1. The lowest BCUT2D eigenvalue weighted by atomic mass is 9.55. The molecule has 0 amide bonds. The van der Waals surface area contributed by atoms with Crippen LogP contribution in [0.2, 0.25) is 0 Å². The molecule has 0 spiro atoms. The van der Waals surface area contributed by atoms with Crippen LogP contribution in [0.1, 0.15) is 49.7 Å². The summed E-state index contributed by atoms with van der Waals surface area (Å²) in [4.78, 5) is 12.7. The van der Waals surface area contributed by atoms with Gasteiger partial charge in [-0.05, 0) is 66.2 Å². The molecule has 3 heteroatoms. The maximum atomic E-state index is 12.7. The molecule has 3 nitrogen and oxygen atoms in total. The van der Waals surface area contributed by atoms with Crippen molar-refractivity contribution in [2.45, 2.75) is 51.0 Å². The highest BCUT2D eigenvalue weighted by Gasteiger charge is 2.56. The molecule has 4 rings (SSSR count). The molecule has 112 valence electrons. The van der Waals surface area contributed by atoms with E-state index in [2.05, 4.69) is 6.92 Å². The van der Waals surface area contributed by atoms with Gasteiger partial charge in [0.15, 0.2) is 0 Å². The quantitative estimate of drug-likeness (QED) is 0.771. The first-order valence-corrected chi connectivity index (χ1v) is 8.03. The lowest BCUT2D eigenvalue weighted by Crippen LogP contribution is -2.47. The van der Waals surface area contributed by atoms with Gasteiger partial charge in [-0.2, -0.15) is 0 Å². The van der Waals surface area contributed by atoms with Crippen molar-refractivity contribution < 1.29 is 15.0 Å². The van der Waals surface area contributed by atoms with Gasteiger partial charge in [0.25, 0.3) is 0 Å². The van der Waals surface area contributed by atoms with Crippen LogP contribution < -0.4 is 0 Å². The van der Waals surface area contributed by atoms with E-state index < -0.39 is 0 Å². The van der Waals surface area contributed by atoms with E-state index in [4.69, 9.17) is 0 Å². The highest BCUT2D eigenvalue weighted by Crippen LogP contribution is 2.60. The molecule has 1 aromatic rings. The molecule has 0 bridgehead atoms. The fourth-order valence-corrected chi connectivity index (χ4v) is 5.32. The van der Waals surface area contributed by atoms with Gasteiger partial charge < -0.3 is 10.2 Å². The molecule has 0 saturated heterocycles. The highest BCUT2D eigenvalue weighted by atomic mass is 16.3. The van der Waals surface area contributed by atoms with Gasteiger partial charge in [-0.15, -0.1) is 0 Å². The molecule has 2 N–H and O–H groups in total. The number of rotatable bonds is 0. The minimum atomic E-state index is -0.252. The third kappa shape index (κ3) is 1.73. The van der Waals surface area contributed by atoms with E-state index in [-0.39, 0.29) is 29.1 Å². The Morgan fingerprint density at radius 1 is 1.24 bits per heavy atom. The number of phenolic OH excluding ortho intramolecular Hbond substituents is 1. The zero-order valence-corrected chi connectivity index (χ0v) is 12.4. The average Bonchev–Trinajstić information content (AvgIpc) is 2.74. The van der Waals surface area contributed by atoms with Gasteiger partial charge >= 0.3 is 0 Å². The van der Waals surface area contributed by atoms with Crippen molar-refractivity contribution in [2.24, 2.45) is 17.3 Å². The van der Waals surface area contributed by atoms with Crippen LogP contribution in [0.5, 0.6) is 5.75 Å². The van der Waals surface area contributed by atoms with Gasteiger partial charge in [0.2, 0.25) is 0 Å². The summed E-state index contributed by atoms with van der Waals surface area (Å²) < 4.78 is 0. The van der Waals surface area contributed by atoms with E-state index >= 15 is 0 Å². The number of aliphatic hydroxyl groups is 1. The molecule has 0 radical (unpaired) electrons. The van der Waals surface area contributed by atoms with Crippen LogP contribution in [0, 0.1) is 17.3 Å². The summed E-state index contributed by atoms with van der Waals surface area (Å²) in [6, 6.07) is 5.49. The first-order chi connectivity index (χ1) is 10.0. The Balaban J connectivity index is 1.78. The largest absolute Gasteiger partial charge is 0.508 e. The van der Waals surface area contributed by atoms with Gasteiger partial charge in [-0.3, -0.25) is 4.79 Å². The second-order valence-corrected chi connectivity index (χ2v) is 7.40. The Labute approximate surface area is 125 Å². The number of phenols is 1. The number of ketones is 1. The van der Waals surface area contributed by atoms with E-state index in [1.165, 1.54) is 5.56 Å². The fourth-order valence-electron chi connectivity index (χ4n) is 5.32. The van der Waals surface area contributed by atoms with E-state index in [0.29, 0.717) is 18.1 Å². The Morgan fingerprint density at radius 2 is 2.05 bits per heavy atom. The van der Waals surface area contributed by atoms with Crippen LogP contribution in [0.25, 0.3) is 0 Å². The number of aliphatic hydroxyl groups excluding tert-OH is 1. The van der Waals surface area contributed by atoms with Crippen LogP contribution in [0.4, 0.5) is 0 Å². The molecule has 3 aliphatic carbocycles. The van der Waals surface area contributed by atoms with Gasteiger partial charge in [0.1, 0.15) is 11.5 Å². The van der Waals surface area contributed by atoms with Crippen LogP contribution >= 0.6 is 0 Å². The lowest BCUT2D eigenvalue weighted by molar-refractivity contribution is -0.130. The van der Waals surface area contributed by atoms with Gasteiger partial charge in [-0.25, -0.2) is 0 Å². The maximum Gasteiger partial charge on any atom is 0.141 e. The highest BCUT2D eigenvalue weighted by molar-refractivity contribution is 5.87. The zero-order chi connectivity index (χ0) is 14.8. The molecule has 2 saturated carbocycles. The first-order valence-electron chi connectivity index (χ1n) is 8.03. The van der Waals surface area contributed by atoms with E-state index in [1.54, 1.807) is 12.1 Å². The van der Waals surface area contributed by atoms with Crippen LogP contribution in [-0.4, -0.2) is 22.1 Å². The van der Waals surface area contributed by atoms with Crippen LogP contribution in [0.3, 0.4) is 0 Å². The molecule has 0 aromatic heterocycles. The van der Waals surface area contributed by atoms with E-state index in [1.807, 2.05) is 6.07 Å². The third-order valence-electron chi connectivity index (χ3n) is 6.48. The monoisotopic (exact) mass is 286 g/mol. The molecule has 0 aliphatic heterocycles. The third-order valence-corrected chi connectivity index (χ3v) is 6.48. The molecular weight excluding hydrogens is 264 g/mol. The lowest BCUT2D eigenvalue weighted by Gasteiger charge is -2.49. The minimum absolute atomic E-state index is 0.0675. The van der Waals surface area contributed by atoms with Crippen molar-refractivity contribution in [2.75, 3.05) is 0 Å². The second-order valence-electron chi connectivity index (χ2n) is 7.40. The molecule has 21 heavy (non-hydrogen) atoms. The second kappa shape index (κ2) is 4.33. The number of hydrogen-bond acceptors (Lipinski definition) is 3. The van der Waals surface area contributed by atoms with Crippen LogP contribution in [0.15, 0.2) is 18.2 Å². The number of hydrogen-bond donors (Lipinski definition) is 2. The molecule has 3 aliphatic rings. The summed E-state index contributed by atoms with van der Waals surface area (Å²) >= 11 is 0. The molecule has 0 heterocycles. The van der Waals surface area contributed by atoms with Crippen molar-refractivity contribution in [3.05, 3.63) is 29.3 Å². The Kier molecular flexibility index (Phi) is 2.74. The summed E-state index contributed by atoms with van der Waals surface area (Å²) in [5.41, 5.74) is 2.18. The molecule has 0 unspecified atom stereocenters. The maximum absolute atomic E-state index is 12.7. The molecule has 2 fully saturated rings. The van der Waals surface area contributed by atoms with Crippen molar-refractivity contribution in [3.63, 3.8) is 0 Å². The van der Waals surface area contributed by atoms with Crippen molar-refractivity contribution in [1.29, 1.82) is 0 Å². The number of fused-ring (bicyclic) bond motifs is 5. The normalized spacial score (nSPS) is 41.3. The molecule has 5 atom stereocenters. The van der Waals surface area contributed by atoms with E-state index in [9.17, 15) is 15.0 Å². The topological polar surface area (TPSA) is 57.5 Å². The summed E-state index contributed by atoms with van der Waals surface area (Å²) in [6.07, 6.45) is 3.95. The van der Waals surface area contributed by atoms with Crippen molar-refractivity contribution in [1.82, 2.24) is 0 Å². The first kappa shape index (κ1) is 13.3. The van der Waals surface area contributed by atoms with Crippen LogP contribution in [-0.2, 0) is 11.2 Å². The van der Waals surface area contributed by atoms with Crippen molar-refractivity contribution in [3.8, 4) is 5.75 Å². The summed E-state index contributed by atoms with van der Waals surface area (Å²) in [5, 5.41) is 20.0. The summed E-state index contributed by atoms with van der Waals surface area (Å²) in [7, 11) is 0. The Hall–Kier alpha value is -1.35. The summed E-state index contributed by atoms with van der Waals surface area (Å²) in [5.74, 6) is 1.23. The SMILES string of the molecule is C[C@]12CC[C@@H]3c4ccc(O)cc4CC(=O)[C@H]3[C@@H]1CC[C@@H]2O. The smallest absolute Gasteiger partial charge is 0.141 e. The predicted octanol–water partition coefficient (Wildman–Crippen LogP) is 2.79. The Bertz CT molecular complexity index is 608. The number of benzene rings is 1. The zero-order valence-electron chi connectivity index (χ0n) is 12.4.